The largest absolute Gasteiger partial charge is 0.354 e. The van der Waals surface area contributed by atoms with Crippen LogP contribution in [-0.4, -0.2) is 12.0 Å². The summed E-state index contributed by atoms with van der Waals surface area (Å²) in [5.74, 6) is 0.393. The van der Waals surface area contributed by atoms with Crippen LogP contribution < -0.4 is 5.32 Å². The van der Waals surface area contributed by atoms with E-state index in [1.165, 1.54) is 43.1 Å². The van der Waals surface area contributed by atoms with Gasteiger partial charge in [0.15, 0.2) is 5.78 Å². The van der Waals surface area contributed by atoms with E-state index in [9.17, 15) is 9.18 Å². The molecule has 0 radical (unpaired) electrons. The van der Waals surface area contributed by atoms with Crippen molar-refractivity contribution in [3.63, 3.8) is 0 Å². The summed E-state index contributed by atoms with van der Waals surface area (Å²) >= 11 is 1.74. The molecule has 2 saturated carbocycles. The summed E-state index contributed by atoms with van der Waals surface area (Å²) in [7, 11) is 0. The van der Waals surface area contributed by atoms with Crippen LogP contribution in [0.3, 0.4) is 0 Å². The third-order valence-corrected chi connectivity index (χ3v) is 7.67. The van der Waals surface area contributed by atoms with Gasteiger partial charge in [0.25, 0.3) is 0 Å². The molecule has 1 aromatic rings. The lowest BCUT2D eigenvalue weighted by Gasteiger charge is -2.29. The maximum absolute atomic E-state index is 14.6. The fourth-order valence-electron chi connectivity index (χ4n) is 4.77. The number of hydrogen-bond donors (Lipinski definition) is 1. The van der Waals surface area contributed by atoms with E-state index >= 15 is 0 Å². The second-order valence-corrected chi connectivity index (χ2v) is 10.1. The zero-order valence-corrected chi connectivity index (χ0v) is 20.2. The lowest BCUT2D eigenvalue weighted by atomic mass is 9.80. The Morgan fingerprint density at radius 2 is 1.84 bits per heavy atom. The molecule has 0 bridgehead atoms. The van der Waals surface area contributed by atoms with Crippen molar-refractivity contribution in [2.24, 2.45) is 11.8 Å². The minimum atomic E-state index is -0.392. The number of ketones is 1. The SMILES string of the molecule is CCC/C=C(/N/C(C(=O)C1CCC1)=C(\C)F)C(CC1CCCC1)c1ccc(SC)cc1. The molecule has 0 spiro atoms. The Labute approximate surface area is 192 Å². The molecule has 1 aromatic carbocycles. The molecule has 2 fully saturated rings. The van der Waals surface area contributed by atoms with Gasteiger partial charge in [0.2, 0.25) is 0 Å². The molecule has 0 amide bonds. The van der Waals surface area contributed by atoms with Crippen molar-refractivity contribution in [3.8, 4) is 0 Å². The lowest BCUT2D eigenvalue weighted by molar-refractivity contribution is -0.121. The van der Waals surface area contributed by atoms with E-state index in [-0.39, 0.29) is 23.3 Å². The number of halogens is 1. The smallest absolute Gasteiger partial charge is 0.184 e. The molecule has 2 aliphatic carbocycles. The maximum Gasteiger partial charge on any atom is 0.184 e. The van der Waals surface area contributed by atoms with E-state index in [0.29, 0.717) is 5.92 Å². The van der Waals surface area contributed by atoms with Crippen molar-refractivity contribution >= 4 is 17.5 Å². The van der Waals surface area contributed by atoms with Gasteiger partial charge in [0.05, 0.1) is 0 Å². The van der Waals surface area contributed by atoms with Crippen LogP contribution in [0.4, 0.5) is 4.39 Å². The molecule has 0 saturated heterocycles. The number of unbranched alkanes of at least 4 members (excludes halogenated alkanes) is 1. The van der Waals surface area contributed by atoms with Crippen LogP contribution in [0.15, 0.2) is 52.5 Å². The van der Waals surface area contributed by atoms with Crippen molar-refractivity contribution in [2.75, 3.05) is 6.26 Å². The molecule has 0 aromatic heterocycles. The van der Waals surface area contributed by atoms with Crippen molar-refractivity contribution in [2.45, 2.75) is 88.9 Å². The molecule has 2 nitrogen and oxygen atoms in total. The van der Waals surface area contributed by atoms with Gasteiger partial charge in [-0.3, -0.25) is 4.79 Å². The Kier molecular flexibility index (Phi) is 9.25. The average Bonchev–Trinajstić information content (AvgIpc) is 3.24. The molecule has 4 heteroatoms. The number of thioether (sulfide) groups is 1. The third kappa shape index (κ3) is 6.47. The first kappa shape index (κ1) is 24.1. The Morgan fingerprint density at radius 3 is 2.35 bits per heavy atom. The van der Waals surface area contributed by atoms with Crippen molar-refractivity contribution < 1.29 is 9.18 Å². The zero-order chi connectivity index (χ0) is 22.2. The highest BCUT2D eigenvalue weighted by atomic mass is 32.2. The molecule has 2 aliphatic rings. The number of hydrogen-bond acceptors (Lipinski definition) is 3. The van der Waals surface area contributed by atoms with Crippen molar-refractivity contribution in [1.82, 2.24) is 5.32 Å². The quantitative estimate of drug-likeness (QED) is 0.278. The molecule has 31 heavy (non-hydrogen) atoms. The first-order chi connectivity index (χ1) is 15.0. The third-order valence-electron chi connectivity index (χ3n) is 6.93. The Balaban J connectivity index is 1.92. The Morgan fingerprint density at radius 1 is 1.16 bits per heavy atom. The second kappa shape index (κ2) is 11.9. The highest BCUT2D eigenvalue weighted by Crippen LogP contribution is 2.39. The maximum atomic E-state index is 14.6. The first-order valence-electron chi connectivity index (χ1n) is 12.0. The van der Waals surface area contributed by atoms with Crippen molar-refractivity contribution in [1.29, 1.82) is 0 Å². The standard InChI is InChI=1S/C27H38FNOS/c1-4-5-13-25(29-26(19(2)28)27(30)22-11-8-12-22)24(18-20-9-6-7-10-20)21-14-16-23(31-3)17-15-21/h13-17,20,22,24,29H,4-12,18H2,1-3H3/b25-13+,26-19+. The van der Waals surface area contributed by atoms with Gasteiger partial charge < -0.3 is 5.32 Å². The summed E-state index contributed by atoms with van der Waals surface area (Å²) in [6.45, 7) is 3.57. The monoisotopic (exact) mass is 443 g/mol. The van der Waals surface area contributed by atoms with Crippen molar-refractivity contribution in [3.05, 3.63) is 53.1 Å². The summed E-state index contributed by atoms with van der Waals surface area (Å²) in [6.07, 6.45) is 15.3. The van der Waals surface area contributed by atoms with E-state index in [1.54, 1.807) is 11.8 Å². The van der Waals surface area contributed by atoms with Crippen LogP contribution in [0.5, 0.6) is 0 Å². The number of allylic oxidation sites excluding steroid dienone is 4. The Hall–Kier alpha value is -1.55. The number of rotatable bonds is 11. The van der Waals surface area contributed by atoms with Crippen LogP contribution in [0.2, 0.25) is 0 Å². The highest BCUT2D eigenvalue weighted by molar-refractivity contribution is 7.98. The molecule has 3 rings (SSSR count). The minimum absolute atomic E-state index is 0.0187. The normalized spacial score (nSPS) is 19.7. The number of carbonyl (C=O) groups is 1. The summed E-state index contributed by atoms with van der Waals surface area (Å²) in [5.41, 5.74) is 2.45. The van der Waals surface area contributed by atoms with E-state index in [1.807, 2.05) is 0 Å². The van der Waals surface area contributed by atoms with Gasteiger partial charge in [-0.05, 0) is 62.5 Å². The zero-order valence-electron chi connectivity index (χ0n) is 19.4. The van der Waals surface area contributed by atoms with E-state index in [0.717, 1.165) is 44.2 Å². The van der Waals surface area contributed by atoms with E-state index in [4.69, 9.17) is 0 Å². The first-order valence-corrected chi connectivity index (χ1v) is 13.3. The van der Waals surface area contributed by atoms with Gasteiger partial charge in [0, 0.05) is 22.4 Å². The fourth-order valence-corrected chi connectivity index (χ4v) is 5.18. The van der Waals surface area contributed by atoms with Crippen LogP contribution in [0, 0.1) is 11.8 Å². The molecule has 1 N–H and O–H groups in total. The summed E-state index contributed by atoms with van der Waals surface area (Å²) < 4.78 is 14.6. The topological polar surface area (TPSA) is 29.1 Å². The number of benzene rings is 1. The van der Waals surface area contributed by atoms with Gasteiger partial charge in [-0.1, -0.05) is 63.7 Å². The molecule has 0 heterocycles. The average molecular weight is 444 g/mol. The van der Waals surface area contributed by atoms with Gasteiger partial charge >= 0.3 is 0 Å². The molecular weight excluding hydrogens is 405 g/mol. The predicted molar refractivity (Wildman–Crippen MR) is 130 cm³/mol. The molecule has 1 atom stereocenters. The van der Waals surface area contributed by atoms with E-state index < -0.39 is 5.83 Å². The van der Waals surface area contributed by atoms with E-state index in [2.05, 4.69) is 48.8 Å². The van der Waals surface area contributed by atoms with Gasteiger partial charge in [-0.15, -0.1) is 11.8 Å². The van der Waals surface area contributed by atoms with Crippen LogP contribution in [0.25, 0.3) is 0 Å². The summed E-state index contributed by atoms with van der Waals surface area (Å²) in [6, 6.07) is 8.78. The Bertz CT molecular complexity index is 784. The molecular formula is C27H38FNOS. The number of nitrogens with one attached hydrogen (secondary N) is 1. The van der Waals surface area contributed by atoms with Crippen LogP contribution in [-0.2, 0) is 4.79 Å². The number of carbonyl (C=O) groups excluding carboxylic acids is 1. The fraction of sp³-hybridized carbons (Fsp3) is 0.593. The second-order valence-electron chi connectivity index (χ2n) is 9.19. The van der Waals surface area contributed by atoms with Crippen LogP contribution in [0.1, 0.15) is 89.5 Å². The predicted octanol–water partition coefficient (Wildman–Crippen LogP) is 7.92. The molecule has 0 aliphatic heterocycles. The highest BCUT2D eigenvalue weighted by Gasteiger charge is 2.31. The number of Topliss-reactive ketones (excluding diaryl/α,β-unsaturated/α-hetero) is 1. The van der Waals surface area contributed by atoms with Gasteiger partial charge in [-0.2, -0.15) is 0 Å². The van der Waals surface area contributed by atoms with Gasteiger partial charge in [0.1, 0.15) is 11.5 Å². The van der Waals surface area contributed by atoms with Crippen LogP contribution >= 0.6 is 11.8 Å². The van der Waals surface area contributed by atoms with Gasteiger partial charge in [-0.25, -0.2) is 4.39 Å². The summed E-state index contributed by atoms with van der Waals surface area (Å²) in [5, 5.41) is 3.35. The minimum Gasteiger partial charge on any atom is -0.354 e. The lowest BCUT2D eigenvalue weighted by Crippen LogP contribution is -2.32. The molecule has 170 valence electrons. The molecule has 1 unspecified atom stereocenters. The summed E-state index contributed by atoms with van der Waals surface area (Å²) in [4.78, 5) is 14.2.